The Morgan fingerprint density at radius 3 is 1.77 bits per heavy atom. The quantitative estimate of drug-likeness (QED) is 0.0581. The molecule has 64 heavy (non-hydrogen) atoms. The number of likely N-dealkylation sites (N-methyl/N-ethyl adjacent to an activating group) is 2. The van der Waals surface area contributed by atoms with Gasteiger partial charge in [0, 0.05) is 51.4 Å². The fourth-order valence-electron chi connectivity index (χ4n) is 8.13. The third-order valence-corrected chi connectivity index (χ3v) is 12.2. The summed E-state index contributed by atoms with van der Waals surface area (Å²) in [5.74, 6) is -1.53. The molecule has 2 fully saturated rings. The summed E-state index contributed by atoms with van der Waals surface area (Å²) >= 11 is 0. The number of benzene rings is 2. The Labute approximate surface area is 377 Å². The van der Waals surface area contributed by atoms with Gasteiger partial charge < -0.3 is 47.0 Å². The number of carbonyl (C=O) groups excluding carboxylic acids is 6. The van der Waals surface area contributed by atoms with E-state index in [4.69, 9.17) is 0 Å². The smallest absolute Gasteiger partial charge is 0.271 e. The molecule has 0 radical (unpaired) electrons. The topological polar surface area (TPSA) is 222 Å². The zero-order valence-electron chi connectivity index (χ0n) is 37.9. The van der Waals surface area contributed by atoms with Crippen LogP contribution in [0.2, 0.25) is 0 Å². The Bertz CT molecular complexity index is 1920. The van der Waals surface area contributed by atoms with Gasteiger partial charge in [-0.1, -0.05) is 60.7 Å². The van der Waals surface area contributed by atoms with Gasteiger partial charge in [0.25, 0.3) is 11.8 Å². The number of hydrogen-bond acceptors (Lipinski definition) is 10. The summed E-state index contributed by atoms with van der Waals surface area (Å²) in [6.45, 7) is 6.72. The second kappa shape index (κ2) is 25.6. The van der Waals surface area contributed by atoms with Crippen molar-refractivity contribution in [3.63, 3.8) is 0 Å². The molecule has 0 aliphatic carbocycles. The van der Waals surface area contributed by atoms with E-state index in [0.717, 1.165) is 36.8 Å². The number of aromatic nitrogens is 2. The molecule has 2 aliphatic heterocycles. The van der Waals surface area contributed by atoms with Crippen molar-refractivity contribution in [3.05, 3.63) is 89.2 Å². The maximum atomic E-state index is 14.2. The number of amides is 6. The van der Waals surface area contributed by atoms with Crippen molar-refractivity contribution >= 4 is 35.4 Å². The number of rotatable bonds is 25. The first-order chi connectivity index (χ1) is 31.0. The maximum absolute atomic E-state index is 14.2. The van der Waals surface area contributed by atoms with Crippen LogP contribution in [0.1, 0.15) is 116 Å². The van der Waals surface area contributed by atoms with Crippen molar-refractivity contribution < 1.29 is 28.8 Å². The molecule has 3 heterocycles. The molecule has 17 heteroatoms. The molecule has 1 aromatic heterocycles. The zero-order chi connectivity index (χ0) is 45.8. The summed E-state index contributed by atoms with van der Waals surface area (Å²) in [6.07, 6.45) is 6.79. The number of nitrogens with zero attached hydrogens (tertiary/aromatic N) is 3. The van der Waals surface area contributed by atoms with Crippen molar-refractivity contribution in [2.75, 3.05) is 53.4 Å². The normalized spacial score (nSPS) is 16.8. The van der Waals surface area contributed by atoms with Gasteiger partial charge in [-0.05, 0) is 103 Å². The lowest BCUT2D eigenvalue weighted by molar-refractivity contribution is -0.137. The number of carbonyl (C=O) groups is 6. The predicted molar refractivity (Wildman–Crippen MR) is 245 cm³/mol. The van der Waals surface area contributed by atoms with E-state index in [0.29, 0.717) is 77.8 Å². The second-order valence-corrected chi connectivity index (χ2v) is 16.8. The number of hydrogen-bond donors (Lipinski definition) is 8. The minimum atomic E-state index is -0.723. The Hall–Kier alpha value is -5.65. The van der Waals surface area contributed by atoms with Crippen LogP contribution in [-0.4, -0.2) is 139 Å². The first-order valence-corrected chi connectivity index (χ1v) is 23.0. The second-order valence-electron chi connectivity index (χ2n) is 16.8. The van der Waals surface area contributed by atoms with E-state index >= 15 is 0 Å². The van der Waals surface area contributed by atoms with Gasteiger partial charge in [-0.15, -0.1) is 0 Å². The Kier molecular flexibility index (Phi) is 19.7. The van der Waals surface area contributed by atoms with E-state index < -0.39 is 36.0 Å². The van der Waals surface area contributed by atoms with Gasteiger partial charge in [0.05, 0.1) is 18.1 Å². The Morgan fingerprint density at radius 2 is 1.22 bits per heavy atom. The van der Waals surface area contributed by atoms with Crippen molar-refractivity contribution in [2.45, 2.75) is 114 Å². The van der Waals surface area contributed by atoms with E-state index in [9.17, 15) is 28.8 Å². The van der Waals surface area contributed by atoms with Crippen molar-refractivity contribution in [1.29, 1.82) is 0 Å². The van der Waals surface area contributed by atoms with Gasteiger partial charge in [-0.3, -0.25) is 33.9 Å². The molecule has 2 aliphatic rings. The number of likely N-dealkylation sites (tertiary alicyclic amines) is 2. The largest absolute Gasteiger partial charge is 0.351 e. The van der Waals surface area contributed by atoms with Crippen molar-refractivity contribution in [1.82, 2.24) is 57.2 Å². The predicted octanol–water partition coefficient (Wildman–Crippen LogP) is 2.39. The molecule has 8 N–H and O–H groups in total. The van der Waals surface area contributed by atoms with Crippen molar-refractivity contribution in [2.24, 2.45) is 0 Å². The van der Waals surface area contributed by atoms with Crippen LogP contribution < -0.4 is 37.2 Å². The standard InChI is InChI=1S/C47H69N11O6/c1-32(48-3)42(59)53-37(46(63)57-27-15-16-28-57)23-11-13-25-50-44(61)39-30-40(56-55-39)45(62)51-26-14-12-24-38(54-43(60)33(2)49-4)47(64)58-29-17-22-36(58)31-52-41(34-18-7-5-8-19-34)35-20-9-6-10-21-35/h5-10,18-21,30,32-33,36-38,41,48-49,52H,11-17,22-29,31H2,1-4H3,(H,50,61)(H,51,62)(H,53,59)(H,54,60)(H,55,56)/t32-,33?,36?,37?,38-/m0/s1. The highest BCUT2D eigenvalue weighted by Crippen LogP contribution is 2.25. The molecule has 2 aromatic carbocycles. The van der Waals surface area contributed by atoms with E-state index in [2.05, 4.69) is 71.7 Å². The highest BCUT2D eigenvalue weighted by atomic mass is 16.2. The lowest BCUT2D eigenvalue weighted by Crippen LogP contribution is -2.54. The SMILES string of the molecule is CNC(C)C(=O)N[C@@H](CCCCNC(=O)c1cc(C(=O)NCCCCC(NC(=O)[C@H](C)NC)C(=O)N2CCCC2)n[nH]1)C(=O)N1CCCC1CNC(c1ccccc1)c1ccccc1. The van der Waals surface area contributed by atoms with Crippen LogP contribution in [0, 0.1) is 0 Å². The molecule has 0 bridgehead atoms. The Balaban J connectivity index is 1.06. The van der Waals surface area contributed by atoms with E-state index in [1.807, 2.05) is 41.3 Å². The third-order valence-electron chi connectivity index (χ3n) is 12.2. The molecule has 17 nitrogen and oxygen atoms in total. The summed E-state index contributed by atoms with van der Waals surface area (Å²) in [4.78, 5) is 82.5. The molecule has 2 saturated heterocycles. The van der Waals surface area contributed by atoms with Gasteiger partial charge >= 0.3 is 0 Å². The highest BCUT2D eigenvalue weighted by molar-refractivity contribution is 5.97. The number of nitrogens with one attached hydrogen (secondary N) is 8. The summed E-state index contributed by atoms with van der Waals surface area (Å²) in [5.41, 5.74) is 2.49. The molecule has 5 atom stereocenters. The van der Waals surface area contributed by atoms with E-state index in [-0.39, 0.29) is 47.1 Å². The molecule has 0 saturated carbocycles. The third kappa shape index (κ3) is 14.4. The van der Waals surface area contributed by atoms with Crippen LogP contribution >= 0.6 is 0 Å². The minimum Gasteiger partial charge on any atom is -0.351 e. The van der Waals surface area contributed by atoms with Gasteiger partial charge in [0.15, 0.2) is 5.69 Å². The fourth-order valence-corrected chi connectivity index (χ4v) is 8.13. The van der Waals surface area contributed by atoms with E-state index in [1.54, 1.807) is 32.8 Å². The summed E-state index contributed by atoms with van der Waals surface area (Å²) in [5, 5.41) is 27.8. The molecular formula is C47H69N11O6. The van der Waals surface area contributed by atoms with Crippen LogP contribution in [-0.2, 0) is 19.2 Å². The molecular weight excluding hydrogens is 815 g/mol. The number of unbranched alkanes of at least 4 members (excludes halogenated alkanes) is 2. The molecule has 5 rings (SSSR count). The maximum Gasteiger partial charge on any atom is 0.271 e. The van der Waals surface area contributed by atoms with Crippen LogP contribution in [0.3, 0.4) is 0 Å². The number of H-pyrrole nitrogens is 1. The summed E-state index contributed by atoms with van der Waals surface area (Å²) in [6, 6.07) is 19.6. The molecule has 348 valence electrons. The van der Waals surface area contributed by atoms with E-state index in [1.165, 1.54) is 6.07 Å². The first kappa shape index (κ1) is 49.4. The first-order valence-electron chi connectivity index (χ1n) is 23.0. The van der Waals surface area contributed by atoms with Crippen LogP contribution in [0.25, 0.3) is 0 Å². The lowest BCUT2D eigenvalue weighted by Gasteiger charge is -2.31. The van der Waals surface area contributed by atoms with Crippen LogP contribution in [0.5, 0.6) is 0 Å². The molecule has 0 spiro atoms. The fraction of sp³-hybridized carbons (Fsp3) is 0.553. The molecule has 3 unspecified atom stereocenters. The van der Waals surface area contributed by atoms with Crippen LogP contribution in [0.4, 0.5) is 0 Å². The highest BCUT2D eigenvalue weighted by Gasteiger charge is 2.35. The van der Waals surface area contributed by atoms with Gasteiger partial charge in [0.1, 0.15) is 17.8 Å². The van der Waals surface area contributed by atoms with Crippen LogP contribution in [0.15, 0.2) is 66.7 Å². The van der Waals surface area contributed by atoms with Gasteiger partial charge in [-0.25, -0.2) is 0 Å². The minimum absolute atomic E-state index is 0.0358. The lowest BCUT2D eigenvalue weighted by atomic mass is 9.98. The average Bonchev–Trinajstić information content (AvgIpc) is 4.14. The zero-order valence-corrected chi connectivity index (χ0v) is 37.9. The Morgan fingerprint density at radius 1 is 0.688 bits per heavy atom. The number of aromatic amines is 1. The molecule has 3 aromatic rings. The van der Waals surface area contributed by atoms with Gasteiger partial charge in [-0.2, -0.15) is 5.10 Å². The summed E-state index contributed by atoms with van der Waals surface area (Å²) < 4.78 is 0. The van der Waals surface area contributed by atoms with Crippen molar-refractivity contribution in [3.8, 4) is 0 Å². The average molecular weight is 884 g/mol. The monoisotopic (exact) mass is 884 g/mol. The molecule has 6 amide bonds. The summed E-state index contributed by atoms with van der Waals surface area (Å²) in [7, 11) is 3.39. The van der Waals surface area contributed by atoms with Gasteiger partial charge in [0.2, 0.25) is 23.6 Å².